The van der Waals surface area contributed by atoms with Crippen molar-refractivity contribution in [2.45, 2.75) is 102 Å². The van der Waals surface area contributed by atoms with E-state index in [0.29, 0.717) is 18.8 Å². The van der Waals surface area contributed by atoms with Gasteiger partial charge in [0.25, 0.3) is 0 Å². The Morgan fingerprint density at radius 2 is 1.83 bits per heavy atom. The van der Waals surface area contributed by atoms with E-state index in [4.69, 9.17) is 5.73 Å². The van der Waals surface area contributed by atoms with Crippen molar-refractivity contribution in [2.75, 3.05) is 6.16 Å². The van der Waals surface area contributed by atoms with E-state index < -0.39 is 13.6 Å². The molecule has 0 bridgehead atoms. The SMILES string of the molecule is CCCCCCCCc1ccc([C@H]2CC[C@@](N)(CCCP(=O)(O)OC(C)=O)C2)cc1. The van der Waals surface area contributed by atoms with Crippen molar-refractivity contribution >= 4 is 13.6 Å². The summed E-state index contributed by atoms with van der Waals surface area (Å²) in [6.07, 6.45) is 13.1. The van der Waals surface area contributed by atoms with Crippen molar-refractivity contribution < 1.29 is 18.8 Å². The number of hydrogen-bond donors (Lipinski definition) is 2. The van der Waals surface area contributed by atoms with Gasteiger partial charge in [0, 0.05) is 12.5 Å². The van der Waals surface area contributed by atoms with Gasteiger partial charge in [-0.2, -0.15) is 0 Å². The third kappa shape index (κ3) is 8.91. The predicted molar refractivity (Wildman–Crippen MR) is 123 cm³/mol. The van der Waals surface area contributed by atoms with Gasteiger partial charge >= 0.3 is 13.6 Å². The van der Waals surface area contributed by atoms with Crippen LogP contribution in [0.2, 0.25) is 0 Å². The highest BCUT2D eigenvalue weighted by Crippen LogP contribution is 2.46. The first kappa shape index (κ1) is 25.1. The Kier molecular flexibility index (Phi) is 10.1. The maximum atomic E-state index is 11.8. The third-order valence-electron chi connectivity index (χ3n) is 6.30. The molecule has 0 aromatic heterocycles. The molecule has 3 atom stereocenters. The van der Waals surface area contributed by atoms with E-state index in [-0.39, 0.29) is 11.7 Å². The minimum Gasteiger partial charge on any atom is -0.392 e. The molecule has 1 aliphatic rings. The fourth-order valence-electron chi connectivity index (χ4n) is 4.61. The van der Waals surface area contributed by atoms with Crippen LogP contribution in [0.15, 0.2) is 24.3 Å². The number of rotatable bonds is 13. The highest BCUT2D eigenvalue weighted by molar-refractivity contribution is 7.53. The standard InChI is InChI=1S/C24H40NO4P/c1-3-4-5-6-7-8-10-21-11-13-22(14-12-21)23-15-17-24(25,19-23)16-9-18-30(27,28)29-20(2)26/h11-14,23H,3-10,15-19,25H2,1-2H3,(H,27,28)/t23-,24-/m0/s1. The summed E-state index contributed by atoms with van der Waals surface area (Å²) < 4.78 is 16.4. The number of benzene rings is 1. The van der Waals surface area contributed by atoms with Crippen LogP contribution in [0.1, 0.15) is 102 Å². The molecule has 6 heteroatoms. The molecule has 1 fully saturated rings. The van der Waals surface area contributed by atoms with Gasteiger partial charge in [0.05, 0.1) is 6.16 Å². The molecule has 0 aliphatic heterocycles. The molecule has 3 N–H and O–H groups in total. The van der Waals surface area contributed by atoms with Gasteiger partial charge in [0.15, 0.2) is 0 Å². The van der Waals surface area contributed by atoms with Crippen LogP contribution >= 0.6 is 7.60 Å². The summed E-state index contributed by atoms with van der Waals surface area (Å²) in [6, 6.07) is 9.04. The van der Waals surface area contributed by atoms with Crippen LogP contribution in [-0.2, 0) is 20.3 Å². The Morgan fingerprint density at radius 3 is 2.50 bits per heavy atom. The van der Waals surface area contributed by atoms with Crippen LogP contribution in [0.5, 0.6) is 0 Å². The molecule has 2 rings (SSSR count). The Bertz CT molecular complexity index is 706. The summed E-state index contributed by atoms with van der Waals surface area (Å²) in [7, 11) is -3.84. The van der Waals surface area contributed by atoms with Crippen LogP contribution in [0.25, 0.3) is 0 Å². The van der Waals surface area contributed by atoms with Gasteiger partial charge in [-0.25, -0.2) is 4.57 Å². The van der Waals surface area contributed by atoms with E-state index in [9.17, 15) is 14.3 Å². The van der Waals surface area contributed by atoms with E-state index in [2.05, 4.69) is 35.7 Å². The average molecular weight is 438 g/mol. The number of hydrogen-bond acceptors (Lipinski definition) is 4. The summed E-state index contributed by atoms with van der Waals surface area (Å²) >= 11 is 0. The van der Waals surface area contributed by atoms with Crippen LogP contribution < -0.4 is 5.73 Å². The van der Waals surface area contributed by atoms with Gasteiger partial charge in [0.2, 0.25) is 0 Å². The van der Waals surface area contributed by atoms with Gasteiger partial charge in [0.1, 0.15) is 0 Å². The molecule has 1 unspecified atom stereocenters. The highest BCUT2D eigenvalue weighted by Gasteiger charge is 2.36. The van der Waals surface area contributed by atoms with Gasteiger partial charge in [-0.1, -0.05) is 63.3 Å². The van der Waals surface area contributed by atoms with E-state index in [1.807, 2.05) is 0 Å². The lowest BCUT2D eigenvalue weighted by atomic mass is 9.89. The van der Waals surface area contributed by atoms with Crippen molar-refractivity contribution in [1.29, 1.82) is 0 Å². The third-order valence-corrected chi connectivity index (χ3v) is 7.72. The predicted octanol–water partition coefficient (Wildman–Crippen LogP) is 6.08. The normalized spacial score (nSPS) is 23.3. The second-order valence-corrected chi connectivity index (χ2v) is 11.0. The molecular weight excluding hydrogens is 397 g/mol. The zero-order chi connectivity index (χ0) is 22.0. The van der Waals surface area contributed by atoms with Crippen molar-refractivity contribution in [3.05, 3.63) is 35.4 Å². The highest BCUT2D eigenvalue weighted by atomic mass is 31.2. The number of carbonyl (C=O) groups excluding carboxylic acids is 1. The lowest BCUT2D eigenvalue weighted by molar-refractivity contribution is -0.132. The Hall–Kier alpha value is -1.16. The molecule has 0 radical (unpaired) electrons. The van der Waals surface area contributed by atoms with Gasteiger partial charge in [-0.05, 0) is 62.0 Å². The zero-order valence-electron chi connectivity index (χ0n) is 18.8. The van der Waals surface area contributed by atoms with Gasteiger partial charge < -0.3 is 15.2 Å². The van der Waals surface area contributed by atoms with Gasteiger partial charge in [-0.3, -0.25) is 4.79 Å². The molecule has 5 nitrogen and oxygen atoms in total. The largest absolute Gasteiger partial charge is 0.392 e. The van der Waals surface area contributed by atoms with E-state index in [1.54, 1.807) is 0 Å². The monoisotopic (exact) mass is 437 g/mol. The molecule has 1 aromatic rings. The quantitative estimate of drug-likeness (QED) is 0.288. The molecule has 30 heavy (non-hydrogen) atoms. The van der Waals surface area contributed by atoms with Gasteiger partial charge in [-0.15, -0.1) is 0 Å². The van der Waals surface area contributed by atoms with E-state index >= 15 is 0 Å². The molecule has 0 amide bonds. The minimum absolute atomic E-state index is 0.0245. The fraction of sp³-hybridized carbons (Fsp3) is 0.708. The maximum Gasteiger partial charge on any atom is 0.378 e. The Labute approximate surface area is 182 Å². The molecule has 0 saturated heterocycles. The van der Waals surface area contributed by atoms with E-state index in [1.165, 1.54) is 49.7 Å². The zero-order valence-corrected chi connectivity index (χ0v) is 19.7. The summed E-state index contributed by atoms with van der Waals surface area (Å²) in [5.41, 5.74) is 9.04. The molecule has 1 saturated carbocycles. The second-order valence-electron chi connectivity index (χ2n) is 9.11. The molecule has 170 valence electrons. The Morgan fingerprint density at radius 1 is 1.17 bits per heavy atom. The number of nitrogens with two attached hydrogens (primary N) is 1. The van der Waals surface area contributed by atoms with Crippen LogP contribution in [0, 0.1) is 0 Å². The molecule has 1 aromatic carbocycles. The van der Waals surface area contributed by atoms with E-state index in [0.717, 1.165) is 32.6 Å². The topological polar surface area (TPSA) is 89.6 Å². The molecule has 0 spiro atoms. The molecular formula is C24H40NO4P. The number of aryl methyl sites for hydroxylation is 1. The van der Waals surface area contributed by atoms with Crippen LogP contribution in [0.4, 0.5) is 0 Å². The first-order chi connectivity index (χ1) is 14.2. The fourth-order valence-corrected chi connectivity index (χ4v) is 5.66. The van der Waals surface area contributed by atoms with Crippen LogP contribution in [-0.4, -0.2) is 22.6 Å². The smallest absolute Gasteiger partial charge is 0.378 e. The van der Waals surface area contributed by atoms with Crippen molar-refractivity contribution in [3.63, 3.8) is 0 Å². The maximum absolute atomic E-state index is 11.8. The number of carbonyl (C=O) groups is 1. The lowest BCUT2D eigenvalue weighted by Crippen LogP contribution is -2.36. The first-order valence-electron chi connectivity index (χ1n) is 11.6. The molecule has 0 heterocycles. The molecule has 1 aliphatic carbocycles. The van der Waals surface area contributed by atoms with Crippen molar-refractivity contribution in [1.82, 2.24) is 0 Å². The number of unbranched alkanes of at least 4 members (excludes halogenated alkanes) is 5. The Balaban J connectivity index is 1.74. The summed E-state index contributed by atoms with van der Waals surface area (Å²) in [4.78, 5) is 20.6. The lowest BCUT2D eigenvalue weighted by Gasteiger charge is -2.24. The summed E-state index contributed by atoms with van der Waals surface area (Å²) in [6.45, 7) is 3.40. The van der Waals surface area contributed by atoms with Crippen molar-refractivity contribution in [2.24, 2.45) is 5.73 Å². The van der Waals surface area contributed by atoms with Crippen molar-refractivity contribution in [3.8, 4) is 0 Å². The summed E-state index contributed by atoms with van der Waals surface area (Å²) in [5.74, 6) is -0.267. The first-order valence-corrected chi connectivity index (χ1v) is 13.4. The summed E-state index contributed by atoms with van der Waals surface area (Å²) in [5, 5.41) is 0. The van der Waals surface area contributed by atoms with Crippen LogP contribution in [0.3, 0.4) is 0 Å². The second kappa shape index (κ2) is 12.0. The minimum atomic E-state index is -3.84. The average Bonchev–Trinajstić information content (AvgIpc) is 3.06.